The molecule has 0 aliphatic carbocycles. The fourth-order valence-corrected chi connectivity index (χ4v) is 3.10. The number of ether oxygens (including phenoxy) is 2. The number of carbonyl (C=O) groups excluding carboxylic acids is 2. The highest BCUT2D eigenvalue weighted by Crippen LogP contribution is 2.32. The Balaban J connectivity index is 4.99. The minimum absolute atomic E-state index is 0.299. The van der Waals surface area contributed by atoms with Gasteiger partial charge >= 0.3 is 11.9 Å². The van der Waals surface area contributed by atoms with Crippen molar-refractivity contribution >= 4 is 35.1 Å². The van der Waals surface area contributed by atoms with Crippen molar-refractivity contribution in [3.63, 3.8) is 0 Å². The van der Waals surface area contributed by atoms with Crippen LogP contribution < -0.4 is 0 Å². The van der Waals surface area contributed by atoms with Crippen molar-refractivity contribution in [2.75, 3.05) is 13.2 Å². The van der Waals surface area contributed by atoms with E-state index < -0.39 is 21.7 Å². The molecule has 26 heavy (non-hydrogen) atoms. The SMILES string of the molecule is CCCCC(Cl)(CC=CCC(Cl)(CCCC)C(=O)OCC)C(=O)OCC. The number of esters is 2. The van der Waals surface area contributed by atoms with Crippen molar-refractivity contribution < 1.29 is 19.1 Å². The molecule has 0 aromatic rings. The van der Waals surface area contributed by atoms with Gasteiger partial charge in [-0.2, -0.15) is 0 Å². The first-order chi connectivity index (χ1) is 12.3. The van der Waals surface area contributed by atoms with Gasteiger partial charge in [0.25, 0.3) is 0 Å². The van der Waals surface area contributed by atoms with Gasteiger partial charge in [-0.25, -0.2) is 0 Å². The van der Waals surface area contributed by atoms with Gasteiger partial charge < -0.3 is 9.47 Å². The molecule has 0 aliphatic rings. The summed E-state index contributed by atoms with van der Waals surface area (Å²) in [5.41, 5.74) is 0. The third-order valence-corrected chi connectivity index (χ3v) is 5.18. The lowest BCUT2D eigenvalue weighted by atomic mass is 9.94. The van der Waals surface area contributed by atoms with Crippen LogP contribution in [0.5, 0.6) is 0 Å². The van der Waals surface area contributed by atoms with Crippen molar-refractivity contribution in [2.45, 2.75) is 88.8 Å². The summed E-state index contributed by atoms with van der Waals surface area (Å²) in [5.74, 6) is -0.790. The van der Waals surface area contributed by atoms with Crippen LogP contribution in [0, 0.1) is 0 Å². The van der Waals surface area contributed by atoms with Gasteiger partial charge in [0.15, 0.2) is 0 Å². The fourth-order valence-electron chi connectivity index (χ4n) is 2.55. The molecule has 2 unspecified atom stereocenters. The van der Waals surface area contributed by atoms with Crippen LogP contribution in [0.25, 0.3) is 0 Å². The van der Waals surface area contributed by atoms with E-state index in [4.69, 9.17) is 32.7 Å². The molecule has 0 saturated heterocycles. The maximum absolute atomic E-state index is 12.2. The smallest absolute Gasteiger partial charge is 0.327 e. The quantitative estimate of drug-likeness (QED) is 0.207. The molecule has 2 atom stereocenters. The van der Waals surface area contributed by atoms with Gasteiger partial charge in [0.05, 0.1) is 13.2 Å². The molecule has 0 rings (SSSR count). The van der Waals surface area contributed by atoms with Gasteiger partial charge in [0.2, 0.25) is 0 Å². The summed E-state index contributed by atoms with van der Waals surface area (Å²) in [6.07, 6.45) is 9.01. The zero-order valence-corrected chi connectivity index (χ0v) is 18.1. The highest BCUT2D eigenvalue weighted by Gasteiger charge is 2.37. The number of halogens is 2. The standard InChI is InChI=1S/C20H34Cl2O4/c1-5-9-13-19(21,17(23)25-7-3)15-11-12-16-20(22,14-10-6-2)18(24)26-8-4/h11-12H,5-10,13-16H2,1-4H3. The summed E-state index contributed by atoms with van der Waals surface area (Å²) in [6.45, 7) is 8.22. The highest BCUT2D eigenvalue weighted by molar-refractivity contribution is 6.34. The van der Waals surface area contributed by atoms with Crippen LogP contribution in [-0.2, 0) is 19.1 Å². The van der Waals surface area contributed by atoms with Gasteiger partial charge in [-0.05, 0) is 39.5 Å². The Morgan fingerprint density at radius 3 is 1.38 bits per heavy atom. The topological polar surface area (TPSA) is 52.6 Å². The maximum Gasteiger partial charge on any atom is 0.327 e. The maximum atomic E-state index is 12.2. The van der Waals surface area contributed by atoms with E-state index in [0.29, 0.717) is 38.9 Å². The summed E-state index contributed by atoms with van der Waals surface area (Å²) < 4.78 is 10.2. The van der Waals surface area contributed by atoms with Crippen LogP contribution in [0.2, 0.25) is 0 Å². The number of allylic oxidation sites excluding steroid dienone is 2. The Hall–Kier alpha value is -0.740. The zero-order chi connectivity index (χ0) is 20.1. The molecule has 0 aromatic heterocycles. The molecule has 0 spiro atoms. The van der Waals surface area contributed by atoms with Gasteiger partial charge in [0.1, 0.15) is 9.75 Å². The Labute approximate surface area is 168 Å². The number of alkyl halides is 2. The van der Waals surface area contributed by atoms with E-state index in [1.807, 2.05) is 26.0 Å². The average Bonchev–Trinajstić information content (AvgIpc) is 2.62. The molecule has 6 heteroatoms. The molecular weight excluding hydrogens is 375 g/mol. The number of hydrogen-bond donors (Lipinski definition) is 0. The van der Waals surface area contributed by atoms with Gasteiger partial charge in [-0.15, -0.1) is 23.2 Å². The van der Waals surface area contributed by atoms with Crippen molar-refractivity contribution in [3.05, 3.63) is 12.2 Å². The van der Waals surface area contributed by atoms with Crippen LogP contribution in [0.15, 0.2) is 12.2 Å². The van der Waals surface area contributed by atoms with Crippen LogP contribution in [0.4, 0.5) is 0 Å². The summed E-state index contributed by atoms with van der Waals surface area (Å²) in [5, 5.41) is 0. The van der Waals surface area contributed by atoms with E-state index in [0.717, 1.165) is 25.7 Å². The normalized spacial score (nSPS) is 16.1. The van der Waals surface area contributed by atoms with E-state index in [1.165, 1.54) is 0 Å². The van der Waals surface area contributed by atoms with E-state index in [-0.39, 0.29) is 0 Å². The average molecular weight is 409 g/mol. The number of hydrogen-bond acceptors (Lipinski definition) is 4. The largest absolute Gasteiger partial charge is 0.465 e. The third kappa shape index (κ3) is 8.77. The monoisotopic (exact) mass is 408 g/mol. The lowest BCUT2D eigenvalue weighted by Gasteiger charge is -2.24. The molecular formula is C20H34Cl2O4. The summed E-state index contributed by atoms with van der Waals surface area (Å²) in [7, 11) is 0. The van der Waals surface area contributed by atoms with Gasteiger partial charge in [-0.1, -0.05) is 51.7 Å². The predicted octanol–water partition coefficient (Wildman–Crippen LogP) is 5.78. The molecule has 0 aliphatic heterocycles. The van der Waals surface area contributed by atoms with Crippen molar-refractivity contribution in [1.82, 2.24) is 0 Å². The highest BCUT2D eigenvalue weighted by atomic mass is 35.5. The number of unbranched alkanes of at least 4 members (excludes halogenated alkanes) is 2. The molecule has 0 saturated carbocycles. The molecule has 0 bridgehead atoms. The Bertz CT molecular complexity index is 413. The minimum atomic E-state index is -1.06. The molecule has 0 amide bonds. The summed E-state index contributed by atoms with van der Waals surface area (Å²) in [4.78, 5) is 22.3. The van der Waals surface area contributed by atoms with Crippen molar-refractivity contribution in [3.8, 4) is 0 Å². The molecule has 4 nitrogen and oxygen atoms in total. The summed E-state index contributed by atoms with van der Waals surface area (Å²) >= 11 is 13.1. The molecule has 0 N–H and O–H groups in total. The van der Waals surface area contributed by atoms with E-state index in [9.17, 15) is 9.59 Å². The number of rotatable bonds is 14. The van der Waals surface area contributed by atoms with E-state index in [2.05, 4.69) is 0 Å². The first-order valence-electron chi connectivity index (χ1n) is 9.66. The predicted molar refractivity (Wildman–Crippen MR) is 108 cm³/mol. The molecule has 0 heterocycles. The first kappa shape index (κ1) is 25.3. The van der Waals surface area contributed by atoms with E-state index >= 15 is 0 Å². The second-order valence-corrected chi connectivity index (χ2v) is 7.91. The van der Waals surface area contributed by atoms with Crippen molar-refractivity contribution in [2.24, 2.45) is 0 Å². The van der Waals surface area contributed by atoms with Crippen molar-refractivity contribution in [1.29, 1.82) is 0 Å². The Morgan fingerprint density at radius 1 is 0.769 bits per heavy atom. The van der Waals surface area contributed by atoms with E-state index in [1.54, 1.807) is 13.8 Å². The zero-order valence-electron chi connectivity index (χ0n) is 16.6. The van der Waals surface area contributed by atoms with Crippen LogP contribution in [0.1, 0.15) is 79.1 Å². The Morgan fingerprint density at radius 2 is 1.12 bits per heavy atom. The fraction of sp³-hybridized carbons (Fsp3) is 0.800. The third-order valence-electron chi connectivity index (χ3n) is 4.19. The van der Waals surface area contributed by atoms with Gasteiger partial charge in [-0.3, -0.25) is 9.59 Å². The lowest BCUT2D eigenvalue weighted by molar-refractivity contribution is -0.147. The second-order valence-electron chi connectivity index (χ2n) is 6.46. The summed E-state index contributed by atoms with van der Waals surface area (Å²) in [6, 6.07) is 0. The minimum Gasteiger partial charge on any atom is -0.465 e. The molecule has 0 fully saturated rings. The lowest BCUT2D eigenvalue weighted by Crippen LogP contribution is -2.35. The van der Waals surface area contributed by atoms with Crippen LogP contribution in [-0.4, -0.2) is 34.9 Å². The second kappa shape index (κ2) is 13.4. The Kier molecular flexibility index (Phi) is 13.0. The van der Waals surface area contributed by atoms with Crippen LogP contribution in [0.3, 0.4) is 0 Å². The molecule has 152 valence electrons. The first-order valence-corrected chi connectivity index (χ1v) is 10.4. The molecule has 0 aromatic carbocycles. The number of carbonyl (C=O) groups is 2. The molecule has 0 radical (unpaired) electrons. The van der Waals surface area contributed by atoms with Crippen LogP contribution >= 0.6 is 23.2 Å². The van der Waals surface area contributed by atoms with Gasteiger partial charge in [0, 0.05) is 0 Å².